The highest BCUT2D eigenvalue weighted by Gasteiger charge is 2.11. The van der Waals surface area contributed by atoms with E-state index in [1.54, 1.807) is 36.4 Å². The van der Waals surface area contributed by atoms with Crippen LogP contribution in [0.1, 0.15) is 11.6 Å². The molecule has 9 heteroatoms. The van der Waals surface area contributed by atoms with Crippen LogP contribution in [0.2, 0.25) is 5.02 Å². The summed E-state index contributed by atoms with van der Waals surface area (Å²) in [5, 5.41) is 11.7. The molecule has 144 valence electrons. The summed E-state index contributed by atoms with van der Waals surface area (Å²) in [6, 6.07) is 14.2. The molecule has 0 spiro atoms. The lowest BCUT2D eigenvalue weighted by atomic mass is 10.1. The molecule has 0 saturated heterocycles. The van der Waals surface area contributed by atoms with E-state index in [0.717, 1.165) is 0 Å². The van der Waals surface area contributed by atoms with Crippen LogP contribution in [0.25, 0.3) is 33.3 Å². The Balaban J connectivity index is 1.65. The van der Waals surface area contributed by atoms with E-state index in [9.17, 15) is 14.9 Å². The molecule has 0 aliphatic rings. The second-order valence-electron chi connectivity index (χ2n) is 6.07. The number of benzene rings is 2. The highest BCUT2D eigenvalue weighted by atomic mass is 35.5. The lowest BCUT2D eigenvalue weighted by molar-refractivity contribution is -0.384. The molecule has 0 unspecified atom stereocenters. The number of rotatable bonds is 4. The number of non-ortho nitro benzene ring substituents is 1. The Morgan fingerprint density at radius 2 is 1.90 bits per heavy atom. The van der Waals surface area contributed by atoms with E-state index < -0.39 is 4.92 Å². The molecule has 2 aromatic heterocycles. The first-order valence-corrected chi connectivity index (χ1v) is 9.08. The Morgan fingerprint density at radius 3 is 2.62 bits per heavy atom. The SMILES string of the molecule is O=c1[nH]c(/C(Cl)=C/c2ccc(-c3ccc([N+](=O)[O-])cc3)o2)nc2ccc(Cl)cc12. The molecule has 2 heterocycles. The molecule has 0 aliphatic heterocycles. The largest absolute Gasteiger partial charge is 0.457 e. The molecule has 4 rings (SSSR count). The van der Waals surface area contributed by atoms with Crippen LogP contribution in [-0.2, 0) is 0 Å². The summed E-state index contributed by atoms with van der Waals surface area (Å²) >= 11 is 12.2. The van der Waals surface area contributed by atoms with Crippen LogP contribution in [0.3, 0.4) is 0 Å². The van der Waals surface area contributed by atoms with Gasteiger partial charge in [-0.25, -0.2) is 4.98 Å². The minimum absolute atomic E-state index is 0.00362. The van der Waals surface area contributed by atoms with E-state index in [1.165, 1.54) is 24.3 Å². The van der Waals surface area contributed by atoms with Gasteiger partial charge in [0.05, 0.1) is 20.9 Å². The molecule has 2 aromatic carbocycles. The first-order valence-electron chi connectivity index (χ1n) is 8.32. The molecule has 0 atom stereocenters. The summed E-state index contributed by atoms with van der Waals surface area (Å²) in [4.78, 5) is 29.5. The zero-order valence-corrected chi connectivity index (χ0v) is 16.1. The fourth-order valence-corrected chi connectivity index (χ4v) is 3.12. The van der Waals surface area contributed by atoms with E-state index in [1.807, 2.05) is 0 Å². The smallest absolute Gasteiger partial charge is 0.269 e. The number of nitro groups is 1. The van der Waals surface area contributed by atoms with E-state index in [0.29, 0.717) is 33.0 Å². The Kier molecular flexibility index (Phi) is 4.92. The molecule has 0 aliphatic carbocycles. The Bertz CT molecular complexity index is 1320. The number of fused-ring (bicyclic) bond motifs is 1. The molecule has 4 aromatic rings. The van der Waals surface area contributed by atoms with Crippen LogP contribution >= 0.6 is 23.2 Å². The van der Waals surface area contributed by atoms with Crippen molar-refractivity contribution in [2.75, 3.05) is 0 Å². The lowest BCUT2D eigenvalue weighted by Crippen LogP contribution is -2.10. The number of halogens is 2. The van der Waals surface area contributed by atoms with Crippen LogP contribution in [-0.4, -0.2) is 14.9 Å². The van der Waals surface area contributed by atoms with Crippen molar-refractivity contribution in [2.45, 2.75) is 0 Å². The molecule has 1 N–H and O–H groups in total. The number of nitro benzene ring substituents is 1. The first-order chi connectivity index (χ1) is 13.9. The van der Waals surface area contributed by atoms with Crippen molar-refractivity contribution in [2.24, 2.45) is 0 Å². The van der Waals surface area contributed by atoms with Gasteiger partial charge in [0.1, 0.15) is 11.5 Å². The number of aromatic amines is 1. The number of nitrogens with zero attached hydrogens (tertiary/aromatic N) is 2. The van der Waals surface area contributed by atoms with Crippen LogP contribution in [0.5, 0.6) is 0 Å². The number of nitrogens with one attached hydrogen (secondary N) is 1. The van der Waals surface area contributed by atoms with Gasteiger partial charge >= 0.3 is 0 Å². The third kappa shape index (κ3) is 3.91. The van der Waals surface area contributed by atoms with Gasteiger partial charge in [0.25, 0.3) is 11.2 Å². The fourth-order valence-electron chi connectivity index (χ4n) is 2.75. The lowest BCUT2D eigenvalue weighted by Gasteiger charge is -2.02. The van der Waals surface area contributed by atoms with Crippen LogP contribution in [0, 0.1) is 10.1 Å². The van der Waals surface area contributed by atoms with Gasteiger partial charge in [-0.2, -0.15) is 0 Å². The number of furan rings is 1. The number of hydrogen-bond donors (Lipinski definition) is 1. The third-order valence-electron chi connectivity index (χ3n) is 4.15. The Hall–Kier alpha value is -3.42. The second-order valence-corrected chi connectivity index (χ2v) is 6.92. The fraction of sp³-hybridized carbons (Fsp3) is 0. The van der Waals surface area contributed by atoms with Crippen molar-refractivity contribution in [1.29, 1.82) is 0 Å². The Morgan fingerprint density at radius 1 is 1.14 bits per heavy atom. The third-order valence-corrected chi connectivity index (χ3v) is 4.68. The predicted octanol–water partition coefficient (Wildman–Crippen LogP) is 5.48. The second kappa shape index (κ2) is 7.54. The van der Waals surface area contributed by atoms with Crippen molar-refractivity contribution in [1.82, 2.24) is 9.97 Å². The van der Waals surface area contributed by atoms with Crippen molar-refractivity contribution >= 4 is 50.9 Å². The van der Waals surface area contributed by atoms with Crippen molar-refractivity contribution < 1.29 is 9.34 Å². The van der Waals surface area contributed by atoms with Crippen LogP contribution in [0.15, 0.2) is 63.8 Å². The summed E-state index contributed by atoms with van der Waals surface area (Å²) in [6.45, 7) is 0. The average molecular weight is 428 g/mol. The zero-order chi connectivity index (χ0) is 20.5. The maximum absolute atomic E-state index is 12.3. The molecule has 0 saturated carbocycles. The topological polar surface area (TPSA) is 102 Å². The van der Waals surface area contributed by atoms with Gasteiger partial charge in [-0.05, 0) is 42.5 Å². The first kappa shape index (κ1) is 18.9. The average Bonchev–Trinajstić information content (AvgIpc) is 3.17. The molecular formula is C20H11Cl2N3O4. The summed E-state index contributed by atoms with van der Waals surface area (Å²) in [5.41, 5.74) is 0.785. The van der Waals surface area contributed by atoms with E-state index in [-0.39, 0.29) is 22.1 Å². The van der Waals surface area contributed by atoms with Crippen molar-refractivity contribution in [3.8, 4) is 11.3 Å². The van der Waals surface area contributed by atoms with Crippen molar-refractivity contribution in [3.05, 3.63) is 91.7 Å². The molecule has 29 heavy (non-hydrogen) atoms. The van der Waals surface area contributed by atoms with Gasteiger partial charge in [-0.15, -0.1) is 0 Å². The predicted molar refractivity (Wildman–Crippen MR) is 112 cm³/mol. The van der Waals surface area contributed by atoms with E-state index in [2.05, 4.69) is 9.97 Å². The van der Waals surface area contributed by atoms with Gasteiger partial charge in [0, 0.05) is 28.8 Å². The van der Waals surface area contributed by atoms with Crippen LogP contribution in [0.4, 0.5) is 5.69 Å². The van der Waals surface area contributed by atoms with E-state index >= 15 is 0 Å². The van der Waals surface area contributed by atoms with Gasteiger partial charge in [-0.3, -0.25) is 14.9 Å². The van der Waals surface area contributed by atoms with E-state index in [4.69, 9.17) is 27.6 Å². The maximum Gasteiger partial charge on any atom is 0.269 e. The molecular weight excluding hydrogens is 417 g/mol. The highest BCUT2D eigenvalue weighted by molar-refractivity contribution is 6.50. The summed E-state index contributed by atoms with van der Waals surface area (Å²) < 4.78 is 5.73. The highest BCUT2D eigenvalue weighted by Crippen LogP contribution is 2.27. The van der Waals surface area contributed by atoms with Gasteiger partial charge in [-0.1, -0.05) is 23.2 Å². The number of hydrogen-bond acceptors (Lipinski definition) is 5. The number of H-pyrrole nitrogens is 1. The van der Waals surface area contributed by atoms with Gasteiger partial charge < -0.3 is 9.40 Å². The molecule has 0 bridgehead atoms. The number of aromatic nitrogens is 2. The zero-order valence-electron chi connectivity index (χ0n) is 14.6. The molecule has 0 fully saturated rings. The minimum Gasteiger partial charge on any atom is -0.457 e. The monoisotopic (exact) mass is 427 g/mol. The summed E-state index contributed by atoms with van der Waals surface area (Å²) in [5.74, 6) is 1.15. The van der Waals surface area contributed by atoms with Gasteiger partial charge in [0.15, 0.2) is 5.82 Å². The molecule has 0 radical (unpaired) electrons. The Labute approximate surface area is 173 Å². The molecule has 0 amide bonds. The minimum atomic E-state index is -0.467. The van der Waals surface area contributed by atoms with Crippen molar-refractivity contribution in [3.63, 3.8) is 0 Å². The summed E-state index contributed by atoms with van der Waals surface area (Å²) in [6.07, 6.45) is 1.52. The quantitative estimate of drug-likeness (QED) is 0.343. The molecule has 7 nitrogen and oxygen atoms in total. The standard InChI is InChI=1S/C20H11Cl2N3O4/c21-12-3-7-17-15(9-12)20(26)24-19(23-17)16(22)10-14-6-8-18(29-14)11-1-4-13(5-2-11)25(27)28/h1-10H,(H,23,24,26)/b16-10-. The van der Waals surface area contributed by atoms with Gasteiger partial charge in [0.2, 0.25) is 0 Å². The maximum atomic E-state index is 12.3. The normalized spacial score (nSPS) is 11.7. The summed E-state index contributed by atoms with van der Waals surface area (Å²) in [7, 11) is 0. The van der Waals surface area contributed by atoms with Crippen LogP contribution < -0.4 is 5.56 Å².